The minimum Gasteiger partial charge on any atom is -0.392 e. The molecule has 1 aliphatic heterocycles. The van der Waals surface area contributed by atoms with Crippen molar-refractivity contribution in [2.24, 2.45) is 0 Å². The summed E-state index contributed by atoms with van der Waals surface area (Å²) in [6.07, 6.45) is 2.06. The van der Waals surface area contributed by atoms with Crippen molar-refractivity contribution in [3.05, 3.63) is 70.2 Å². The molecule has 0 bridgehead atoms. The maximum atomic E-state index is 13.3. The second-order valence-corrected chi connectivity index (χ2v) is 8.36. The molecule has 1 unspecified atom stereocenters. The van der Waals surface area contributed by atoms with Crippen molar-refractivity contribution in [2.45, 2.75) is 57.7 Å². The highest BCUT2D eigenvalue weighted by Gasteiger charge is 2.36. The molecule has 2 aromatic carbocycles. The van der Waals surface area contributed by atoms with Gasteiger partial charge in [-0.15, -0.1) is 0 Å². The molecule has 2 N–H and O–H groups in total. The lowest BCUT2D eigenvalue weighted by atomic mass is 9.75. The summed E-state index contributed by atoms with van der Waals surface area (Å²) in [5.41, 5.74) is 2.77. The van der Waals surface area contributed by atoms with Crippen LogP contribution in [0.3, 0.4) is 0 Å². The maximum absolute atomic E-state index is 13.3. The predicted octanol–water partition coefficient (Wildman–Crippen LogP) is 4.28. The third kappa shape index (κ3) is 5.00. The van der Waals surface area contributed by atoms with E-state index in [0.29, 0.717) is 18.1 Å². The van der Waals surface area contributed by atoms with Crippen LogP contribution in [0.4, 0.5) is 0 Å². The second kappa shape index (κ2) is 9.75. The first-order chi connectivity index (χ1) is 14.0. The van der Waals surface area contributed by atoms with Gasteiger partial charge in [0, 0.05) is 31.2 Å². The number of hydrogen-bond acceptors (Lipinski definition) is 3. The molecule has 1 fully saturated rings. The van der Waals surface area contributed by atoms with Crippen molar-refractivity contribution in [1.29, 1.82) is 0 Å². The Morgan fingerprint density at radius 3 is 2.38 bits per heavy atom. The quantitative estimate of drug-likeness (QED) is 0.677. The lowest BCUT2D eigenvalue weighted by Crippen LogP contribution is -2.43. The number of β-amino-alcohol motifs (C(OH)–C–C–N with tert-alkyl or cyclic N) is 1. The summed E-state index contributed by atoms with van der Waals surface area (Å²) in [5, 5.41) is 13.7. The highest BCUT2D eigenvalue weighted by Crippen LogP contribution is 2.33. The van der Waals surface area contributed by atoms with Crippen LogP contribution >= 0.6 is 11.6 Å². The van der Waals surface area contributed by atoms with Crippen LogP contribution in [-0.2, 0) is 23.3 Å². The van der Waals surface area contributed by atoms with E-state index < -0.39 is 5.41 Å². The Bertz CT molecular complexity index is 818. The average Bonchev–Trinajstić information content (AvgIpc) is 3.14. The lowest BCUT2D eigenvalue weighted by Gasteiger charge is -2.31. The molecule has 3 rings (SSSR count). The Balaban J connectivity index is 1.73. The molecule has 0 saturated carbocycles. The van der Waals surface area contributed by atoms with E-state index in [-0.39, 0.29) is 12.0 Å². The Hall–Kier alpha value is -1.88. The van der Waals surface area contributed by atoms with Crippen molar-refractivity contribution < 1.29 is 9.90 Å². The first kappa shape index (κ1) is 21.8. The van der Waals surface area contributed by atoms with Gasteiger partial charge in [-0.25, -0.2) is 0 Å². The van der Waals surface area contributed by atoms with E-state index in [1.54, 1.807) is 0 Å². The molecule has 2 aromatic rings. The van der Waals surface area contributed by atoms with E-state index in [0.717, 1.165) is 43.5 Å². The third-order valence-corrected chi connectivity index (χ3v) is 6.49. The molecule has 4 nitrogen and oxygen atoms in total. The molecule has 1 heterocycles. The molecule has 0 aromatic heterocycles. The molecular weight excluding hydrogens is 384 g/mol. The van der Waals surface area contributed by atoms with Gasteiger partial charge in [0.05, 0.1) is 11.5 Å². The molecule has 1 saturated heterocycles. The van der Waals surface area contributed by atoms with Gasteiger partial charge in [0.1, 0.15) is 0 Å². The van der Waals surface area contributed by atoms with E-state index in [1.807, 2.05) is 36.4 Å². The van der Waals surface area contributed by atoms with Gasteiger partial charge < -0.3 is 10.4 Å². The summed E-state index contributed by atoms with van der Waals surface area (Å²) < 4.78 is 0. The van der Waals surface area contributed by atoms with E-state index in [1.165, 1.54) is 5.56 Å². The largest absolute Gasteiger partial charge is 0.392 e. The molecule has 1 amide bonds. The number of aliphatic hydroxyl groups is 1. The van der Waals surface area contributed by atoms with Crippen LogP contribution in [0, 0.1) is 0 Å². The summed E-state index contributed by atoms with van der Waals surface area (Å²) in [5.74, 6) is 0.0521. The molecule has 156 valence electrons. The van der Waals surface area contributed by atoms with Crippen LogP contribution in [-0.4, -0.2) is 35.1 Å². The molecule has 0 spiro atoms. The number of carbonyl (C=O) groups excluding carboxylic acids is 1. The molecule has 5 heteroatoms. The van der Waals surface area contributed by atoms with Gasteiger partial charge in [-0.3, -0.25) is 9.69 Å². The Morgan fingerprint density at radius 1 is 1.14 bits per heavy atom. The standard InChI is InChI=1S/C24H31ClN2O2/c1-3-24(4-2,20-9-11-21(25)12-10-20)23(29)26-15-18-7-5-6-8-19(18)16-27-14-13-22(28)17-27/h5-12,22,28H,3-4,13-17H2,1-2H3,(H,26,29). The highest BCUT2D eigenvalue weighted by atomic mass is 35.5. The van der Waals surface area contributed by atoms with E-state index in [4.69, 9.17) is 11.6 Å². The van der Waals surface area contributed by atoms with Gasteiger partial charge in [0.25, 0.3) is 0 Å². The summed E-state index contributed by atoms with van der Waals surface area (Å²) in [7, 11) is 0. The van der Waals surface area contributed by atoms with Crippen molar-refractivity contribution in [3.63, 3.8) is 0 Å². The average molecular weight is 415 g/mol. The highest BCUT2D eigenvalue weighted by molar-refractivity contribution is 6.30. The number of nitrogens with zero attached hydrogens (tertiary/aromatic N) is 1. The van der Waals surface area contributed by atoms with Gasteiger partial charge in [0.2, 0.25) is 5.91 Å². The number of likely N-dealkylation sites (tertiary alicyclic amines) is 1. The number of rotatable bonds is 8. The zero-order chi connectivity index (χ0) is 20.9. The van der Waals surface area contributed by atoms with Gasteiger partial charge in [-0.1, -0.05) is 61.8 Å². The molecule has 1 atom stereocenters. The Labute approximate surface area is 178 Å². The topological polar surface area (TPSA) is 52.6 Å². The van der Waals surface area contributed by atoms with Crippen LogP contribution in [0.2, 0.25) is 5.02 Å². The van der Waals surface area contributed by atoms with Crippen molar-refractivity contribution in [1.82, 2.24) is 10.2 Å². The molecule has 1 aliphatic rings. The molecule has 0 aliphatic carbocycles. The second-order valence-electron chi connectivity index (χ2n) is 7.93. The number of carbonyl (C=O) groups is 1. The SMILES string of the molecule is CCC(CC)(C(=O)NCc1ccccc1CN1CCC(O)C1)c1ccc(Cl)cc1. The number of nitrogens with one attached hydrogen (secondary N) is 1. The lowest BCUT2D eigenvalue weighted by molar-refractivity contribution is -0.127. The Morgan fingerprint density at radius 2 is 1.79 bits per heavy atom. The van der Waals surface area contributed by atoms with Gasteiger partial charge >= 0.3 is 0 Å². The maximum Gasteiger partial charge on any atom is 0.230 e. The number of halogens is 1. The third-order valence-electron chi connectivity index (χ3n) is 6.24. The van der Waals surface area contributed by atoms with Gasteiger partial charge in [-0.05, 0) is 48.1 Å². The van der Waals surface area contributed by atoms with Crippen molar-refractivity contribution in [2.75, 3.05) is 13.1 Å². The summed E-state index contributed by atoms with van der Waals surface area (Å²) in [6.45, 7) is 7.04. The molecule has 0 radical (unpaired) electrons. The number of benzene rings is 2. The van der Waals surface area contributed by atoms with E-state index in [9.17, 15) is 9.90 Å². The van der Waals surface area contributed by atoms with E-state index >= 15 is 0 Å². The summed E-state index contributed by atoms with van der Waals surface area (Å²) in [4.78, 5) is 15.6. The molecular formula is C24H31ClN2O2. The summed E-state index contributed by atoms with van der Waals surface area (Å²) >= 11 is 6.04. The monoisotopic (exact) mass is 414 g/mol. The number of aliphatic hydroxyl groups excluding tert-OH is 1. The minimum atomic E-state index is -0.557. The smallest absolute Gasteiger partial charge is 0.230 e. The number of hydrogen-bond donors (Lipinski definition) is 2. The van der Waals surface area contributed by atoms with Gasteiger partial charge in [-0.2, -0.15) is 0 Å². The van der Waals surface area contributed by atoms with Crippen molar-refractivity contribution >= 4 is 17.5 Å². The fraction of sp³-hybridized carbons (Fsp3) is 0.458. The van der Waals surface area contributed by atoms with E-state index in [2.05, 4.69) is 36.2 Å². The zero-order valence-corrected chi connectivity index (χ0v) is 18.1. The van der Waals surface area contributed by atoms with Crippen LogP contribution in [0.1, 0.15) is 49.8 Å². The Kier molecular flexibility index (Phi) is 7.33. The van der Waals surface area contributed by atoms with Gasteiger partial charge in [0.15, 0.2) is 0 Å². The van der Waals surface area contributed by atoms with Crippen LogP contribution < -0.4 is 5.32 Å². The summed E-state index contributed by atoms with van der Waals surface area (Å²) in [6, 6.07) is 15.8. The predicted molar refractivity (Wildman–Crippen MR) is 118 cm³/mol. The fourth-order valence-electron chi connectivity index (χ4n) is 4.31. The molecule has 29 heavy (non-hydrogen) atoms. The fourth-order valence-corrected chi connectivity index (χ4v) is 4.43. The normalized spacial score (nSPS) is 17.4. The van der Waals surface area contributed by atoms with Crippen LogP contribution in [0.15, 0.2) is 48.5 Å². The van der Waals surface area contributed by atoms with Crippen LogP contribution in [0.5, 0.6) is 0 Å². The number of amides is 1. The zero-order valence-electron chi connectivity index (χ0n) is 17.3. The first-order valence-corrected chi connectivity index (χ1v) is 10.9. The van der Waals surface area contributed by atoms with Crippen molar-refractivity contribution in [3.8, 4) is 0 Å². The minimum absolute atomic E-state index is 0.0521. The first-order valence-electron chi connectivity index (χ1n) is 10.5. The van der Waals surface area contributed by atoms with Crippen LogP contribution in [0.25, 0.3) is 0 Å².